The first-order chi connectivity index (χ1) is 15.9. The summed E-state index contributed by atoms with van der Waals surface area (Å²) < 4.78 is 7.72. The molecule has 9 nitrogen and oxygen atoms in total. The van der Waals surface area contributed by atoms with Gasteiger partial charge in [-0.25, -0.2) is 4.79 Å². The molecule has 0 aliphatic rings. The number of nitrogens with one attached hydrogen (secondary N) is 2. The molecule has 0 saturated carbocycles. The minimum atomic E-state index is -0.562. The fourth-order valence-electron chi connectivity index (χ4n) is 3.37. The van der Waals surface area contributed by atoms with Gasteiger partial charge in [-0.2, -0.15) is 0 Å². The zero-order chi connectivity index (χ0) is 23.8. The first-order valence-corrected chi connectivity index (χ1v) is 11.6. The number of thiophene rings is 1. The average Bonchev–Trinajstić information content (AvgIpc) is 3.29. The number of amides is 2. The molecule has 3 aromatic rings. The summed E-state index contributed by atoms with van der Waals surface area (Å²) in [5, 5.41) is 7.24. The topological polar surface area (TPSA) is 111 Å². The number of methoxy groups -OCH3 is 1. The summed E-state index contributed by atoms with van der Waals surface area (Å²) in [4.78, 5) is 50.3. The molecule has 0 aliphatic heterocycles. The predicted molar refractivity (Wildman–Crippen MR) is 127 cm³/mol. The molecule has 1 aromatic carbocycles. The van der Waals surface area contributed by atoms with E-state index in [1.165, 1.54) is 23.0 Å². The number of ether oxygens (including phenoxy) is 1. The number of aromatic nitrogens is 2. The Hall–Kier alpha value is -3.24. The van der Waals surface area contributed by atoms with Crippen molar-refractivity contribution in [2.24, 2.45) is 0 Å². The van der Waals surface area contributed by atoms with Crippen molar-refractivity contribution >= 4 is 33.4 Å². The Bertz CT molecular complexity index is 1230. The highest BCUT2D eigenvalue weighted by Crippen LogP contribution is 2.15. The molecule has 0 aliphatic carbocycles. The molecule has 2 amide bonds. The van der Waals surface area contributed by atoms with Crippen LogP contribution in [0.15, 0.2) is 45.3 Å². The molecule has 0 fully saturated rings. The van der Waals surface area contributed by atoms with Gasteiger partial charge in [0.2, 0.25) is 11.8 Å². The number of hydrogen-bond acceptors (Lipinski definition) is 6. The van der Waals surface area contributed by atoms with Crippen molar-refractivity contribution in [1.82, 2.24) is 19.8 Å². The first-order valence-electron chi connectivity index (χ1n) is 10.7. The normalized spacial score (nSPS) is 11.0. The first kappa shape index (κ1) is 24.4. The summed E-state index contributed by atoms with van der Waals surface area (Å²) in [5.41, 5.74) is 1.62. The Morgan fingerprint density at radius 3 is 2.52 bits per heavy atom. The van der Waals surface area contributed by atoms with E-state index in [0.717, 1.165) is 15.7 Å². The van der Waals surface area contributed by atoms with Crippen molar-refractivity contribution in [3.8, 4) is 0 Å². The third kappa shape index (κ3) is 6.39. The Kier molecular flexibility index (Phi) is 8.56. The molecule has 176 valence electrons. The summed E-state index contributed by atoms with van der Waals surface area (Å²) in [5.74, 6) is -0.499. The van der Waals surface area contributed by atoms with Crippen LogP contribution in [0.3, 0.4) is 0 Å². The monoisotopic (exact) mass is 472 g/mol. The van der Waals surface area contributed by atoms with Gasteiger partial charge in [-0.1, -0.05) is 29.8 Å². The molecule has 0 spiro atoms. The maximum Gasteiger partial charge on any atom is 0.332 e. The molecule has 10 heteroatoms. The van der Waals surface area contributed by atoms with Gasteiger partial charge in [0.15, 0.2) is 0 Å². The lowest BCUT2D eigenvalue weighted by atomic mass is 10.1. The zero-order valence-electron chi connectivity index (χ0n) is 18.8. The van der Waals surface area contributed by atoms with Crippen molar-refractivity contribution in [1.29, 1.82) is 0 Å². The Morgan fingerprint density at radius 2 is 1.79 bits per heavy atom. The third-order valence-corrected chi connectivity index (χ3v) is 6.05. The van der Waals surface area contributed by atoms with Crippen LogP contribution in [0.5, 0.6) is 0 Å². The Morgan fingerprint density at radius 1 is 1.03 bits per heavy atom. The van der Waals surface area contributed by atoms with E-state index in [2.05, 4.69) is 10.6 Å². The van der Waals surface area contributed by atoms with E-state index in [9.17, 15) is 19.2 Å². The van der Waals surface area contributed by atoms with Crippen molar-refractivity contribution in [3.63, 3.8) is 0 Å². The molecular formula is C23H28N4O5S. The van der Waals surface area contributed by atoms with Gasteiger partial charge in [-0.05, 0) is 30.4 Å². The summed E-state index contributed by atoms with van der Waals surface area (Å²) in [6.07, 6.45) is 0.503. The lowest BCUT2D eigenvalue weighted by Crippen LogP contribution is -2.42. The van der Waals surface area contributed by atoms with Crippen LogP contribution in [0.1, 0.15) is 24.0 Å². The van der Waals surface area contributed by atoms with Crippen molar-refractivity contribution < 1.29 is 14.3 Å². The second-order valence-electron chi connectivity index (χ2n) is 7.67. The second kappa shape index (κ2) is 11.6. The van der Waals surface area contributed by atoms with Gasteiger partial charge in [0.1, 0.15) is 11.2 Å². The van der Waals surface area contributed by atoms with E-state index in [0.29, 0.717) is 36.3 Å². The Balaban J connectivity index is 1.65. The van der Waals surface area contributed by atoms with Crippen LogP contribution in [0.25, 0.3) is 10.2 Å². The van der Waals surface area contributed by atoms with Crippen LogP contribution in [0.2, 0.25) is 0 Å². The fourth-order valence-corrected chi connectivity index (χ4v) is 4.21. The fraction of sp³-hybridized carbons (Fsp3) is 0.391. The smallest absolute Gasteiger partial charge is 0.332 e. The molecule has 2 heterocycles. The van der Waals surface area contributed by atoms with E-state index in [-0.39, 0.29) is 31.3 Å². The van der Waals surface area contributed by atoms with Crippen LogP contribution in [0.4, 0.5) is 0 Å². The second-order valence-corrected chi connectivity index (χ2v) is 8.59. The minimum Gasteiger partial charge on any atom is -0.383 e. The molecule has 2 aromatic heterocycles. The number of aryl methyl sites for hydroxylation is 1. The summed E-state index contributed by atoms with van der Waals surface area (Å²) >= 11 is 1.22. The van der Waals surface area contributed by atoms with E-state index >= 15 is 0 Å². The highest BCUT2D eigenvalue weighted by atomic mass is 32.1. The van der Waals surface area contributed by atoms with Gasteiger partial charge in [-0.3, -0.25) is 23.5 Å². The lowest BCUT2D eigenvalue weighted by Gasteiger charge is -2.12. The largest absolute Gasteiger partial charge is 0.383 e. The number of fused-ring (bicyclic) bond motifs is 1. The summed E-state index contributed by atoms with van der Waals surface area (Å²) in [6, 6.07) is 9.54. The molecule has 0 radical (unpaired) electrons. The summed E-state index contributed by atoms with van der Waals surface area (Å²) in [7, 11) is 1.53. The highest BCUT2D eigenvalue weighted by molar-refractivity contribution is 7.17. The van der Waals surface area contributed by atoms with Crippen molar-refractivity contribution in [2.75, 3.05) is 20.3 Å². The molecule has 0 unspecified atom stereocenters. The van der Waals surface area contributed by atoms with Gasteiger partial charge in [0.05, 0.1) is 12.1 Å². The quantitative estimate of drug-likeness (QED) is 0.410. The van der Waals surface area contributed by atoms with Gasteiger partial charge in [-0.15, -0.1) is 11.3 Å². The van der Waals surface area contributed by atoms with Crippen LogP contribution in [0, 0.1) is 6.92 Å². The third-order valence-electron chi connectivity index (χ3n) is 5.16. The van der Waals surface area contributed by atoms with Crippen LogP contribution >= 0.6 is 11.3 Å². The minimum absolute atomic E-state index is 0.0920. The number of carbonyl (C=O) groups is 2. The number of benzene rings is 1. The number of carbonyl (C=O) groups excluding carboxylic acids is 2. The van der Waals surface area contributed by atoms with Gasteiger partial charge in [0, 0.05) is 33.2 Å². The van der Waals surface area contributed by atoms with Crippen molar-refractivity contribution in [3.05, 3.63) is 67.7 Å². The van der Waals surface area contributed by atoms with E-state index in [4.69, 9.17) is 4.74 Å². The van der Waals surface area contributed by atoms with Crippen molar-refractivity contribution in [2.45, 2.75) is 39.4 Å². The SMILES string of the molecule is COCCNC(=O)Cn1c(=O)n(CCCC(=O)NCc2ccc(C)cc2)c(=O)c2sccc21. The molecule has 3 rings (SSSR count). The molecule has 33 heavy (non-hydrogen) atoms. The van der Waals surface area contributed by atoms with Crippen LogP contribution < -0.4 is 21.9 Å². The van der Waals surface area contributed by atoms with E-state index < -0.39 is 11.2 Å². The zero-order valence-corrected chi connectivity index (χ0v) is 19.6. The lowest BCUT2D eigenvalue weighted by molar-refractivity contribution is -0.122. The van der Waals surface area contributed by atoms with Crippen LogP contribution in [-0.4, -0.2) is 41.2 Å². The standard InChI is InChI=1S/C23H28N4O5S/c1-16-5-7-17(8-6-16)14-25-19(28)4-3-11-26-22(30)21-18(9-13-33-21)27(23(26)31)15-20(29)24-10-12-32-2/h5-9,13H,3-4,10-12,14-15H2,1-2H3,(H,24,29)(H,25,28). The van der Waals surface area contributed by atoms with Crippen LogP contribution in [-0.2, 0) is 34.0 Å². The molecule has 0 saturated heterocycles. The van der Waals surface area contributed by atoms with Gasteiger partial charge >= 0.3 is 5.69 Å². The average molecular weight is 473 g/mol. The maximum absolute atomic E-state index is 13.0. The van der Waals surface area contributed by atoms with Gasteiger partial charge < -0.3 is 15.4 Å². The molecule has 0 bridgehead atoms. The highest BCUT2D eigenvalue weighted by Gasteiger charge is 2.16. The molecular weight excluding hydrogens is 444 g/mol. The number of hydrogen-bond donors (Lipinski definition) is 2. The summed E-state index contributed by atoms with van der Waals surface area (Å²) in [6.45, 7) is 3.00. The van der Waals surface area contributed by atoms with Gasteiger partial charge in [0.25, 0.3) is 5.56 Å². The number of rotatable bonds is 11. The van der Waals surface area contributed by atoms with E-state index in [1.807, 2.05) is 31.2 Å². The molecule has 2 N–H and O–H groups in total. The van der Waals surface area contributed by atoms with E-state index in [1.54, 1.807) is 11.4 Å². The molecule has 0 atom stereocenters. The predicted octanol–water partition coefficient (Wildman–Crippen LogP) is 1.39. The maximum atomic E-state index is 13.0. The number of nitrogens with zero attached hydrogens (tertiary/aromatic N) is 2. The Labute approximate surface area is 195 Å².